The van der Waals surface area contributed by atoms with E-state index in [0.717, 1.165) is 11.3 Å². The molecule has 0 unspecified atom stereocenters. The molecule has 0 saturated heterocycles. The van der Waals surface area contributed by atoms with E-state index in [-0.39, 0.29) is 23.3 Å². The molecule has 0 aliphatic carbocycles. The van der Waals surface area contributed by atoms with Crippen LogP contribution in [0.4, 0.5) is 11.4 Å². The maximum Gasteiger partial charge on any atom is 0.226 e. The van der Waals surface area contributed by atoms with E-state index in [1.165, 1.54) is 0 Å². The summed E-state index contributed by atoms with van der Waals surface area (Å²) in [5.41, 5.74) is 2.35. The number of amides is 2. The lowest BCUT2D eigenvalue weighted by atomic mass is 10.1. The van der Waals surface area contributed by atoms with Crippen LogP contribution in [0.1, 0.15) is 25.3 Å². The summed E-state index contributed by atoms with van der Waals surface area (Å²) in [5.74, 6) is -0.235. The van der Waals surface area contributed by atoms with Crippen molar-refractivity contribution in [1.29, 1.82) is 0 Å². The van der Waals surface area contributed by atoms with Crippen molar-refractivity contribution in [1.82, 2.24) is 5.32 Å². The van der Waals surface area contributed by atoms with E-state index in [2.05, 4.69) is 16.0 Å². The van der Waals surface area contributed by atoms with Gasteiger partial charge in [0.25, 0.3) is 0 Å². The van der Waals surface area contributed by atoms with Crippen LogP contribution in [0.5, 0.6) is 0 Å². The highest BCUT2D eigenvalue weighted by molar-refractivity contribution is 7.80. The van der Waals surface area contributed by atoms with Crippen molar-refractivity contribution >= 4 is 52.1 Å². The number of anilines is 2. The molecule has 2 aromatic rings. The molecule has 2 aromatic carbocycles. The lowest BCUT2D eigenvalue weighted by Crippen LogP contribution is -2.34. The third kappa shape index (κ3) is 6.46. The van der Waals surface area contributed by atoms with E-state index in [0.29, 0.717) is 23.6 Å². The second kappa shape index (κ2) is 9.89. The van der Waals surface area contributed by atoms with E-state index in [9.17, 15) is 9.59 Å². The zero-order chi connectivity index (χ0) is 18.9. The number of carbonyl (C=O) groups is 2. The number of hydrogen-bond acceptors (Lipinski definition) is 3. The van der Waals surface area contributed by atoms with Crippen molar-refractivity contribution in [3.63, 3.8) is 0 Å². The normalized spacial score (nSPS) is 10.1. The molecule has 0 aliphatic heterocycles. The lowest BCUT2D eigenvalue weighted by molar-refractivity contribution is -0.119. The number of aryl methyl sites for hydroxylation is 1. The second-order valence-corrected chi connectivity index (χ2v) is 6.39. The van der Waals surface area contributed by atoms with Crippen molar-refractivity contribution in [2.45, 2.75) is 26.2 Å². The Morgan fingerprint density at radius 2 is 1.58 bits per heavy atom. The minimum absolute atomic E-state index is 0.0491. The summed E-state index contributed by atoms with van der Waals surface area (Å²) in [4.78, 5) is 23.4. The predicted octanol–water partition coefficient (Wildman–Crippen LogP) is 4.13. The summed E-state index contributed by atoms with van der Waals surface area (Å²) in [6.07, 6.45) is 1.25. The van der Waals surface area contributed by atoms with Gasteiger partial charge in [-0.05, 0) is 54.5 Å². The fourth-order valence-corrected chi connectivity index (χ4v) is 2.65. The Kier molecular flexibility index (Phi) is 7.56. The van der Waals surface area contributed by atoms with Gasteiger partial charge in [-0.2, -0.15) is 0 Å². The fraction of sp³-hybridized carbons (Fsp3) is 0.211. The summed E-state index contributed by atoms with van der Waals surface area (Å²) in [6.45, 7) is 1.79. The van der Waals surface area contributed by atoms with Gasteiger partial charge in [-0.25, -0.2) is 0 Å². The van der Waals surface area contributed by atoms with Crippen LogP contribution in [0.2, 0.25) is 5.02 Å². The zero-order valence-electron chi connectivity index (χ0n) is 14.3. The van der Waals surface area contributed by atoms with Crippen molar-refractivity contribution < 1.29 is 9.59 Å². The van der Waals surface area contributed by atoms with Gasteiger partial charge in [0.2, 0.25) is 11.8 Å². The molecule has 0 aromatic heterocycles. The number of thiocarbonyl (C=S) groups is 1. The minimum Gasteiger partial charge on any atom is -0.332 e. The van der Waals surface area contributed by atoms with Crippen LogP contribution in [0, 0.1) is 0 Å². The Morgan fingerprint density at radius 3 is 2.19 bits per heavy atom. The molecule has 0 spiro atoms. The van der Waals surface area contributed by atoms with E-state index in [1.54, 1.807) is 37.3 Å². The van der Waals surface area contributed by atoms with Crippen LogP contribution in [-0.4, -0.2) is 16.9 Å². The summed E-state index contributed by atoms with van der Waals surface area (Å²) in [6, 6.07) is 14.5. The Labute approximate surface area is 163 Å². The molecule has 26 heavy (non-hydrogen) atoms. The third-order valence-electron chi connectivity index (χ3n) is 3.58. The van der Waals surface area contributed by atoms with Crippen LogP contribution in [0.15, 0.2) is 48.5 Å². The van der Waals surface area contributed by atoms with E-state index < -0.39 is 0 Å². The van der Waals surface area contributed by atoms with Crippen LogP contribution in [0.25, 0.3) is 0 Å². The average molecular weight is 390 g/mol. The molecule has 7 heteroatoms. The molecule has 136 valence electrons. The number of benzene rings is 2. The number of carbonyl (C=O) groups excluding carboxylic acids is 2. The Bertz CT molecular complexity index is 794. The third-order valence-corrected chi connectivity index (χ3v) is 4.15. The van der Waals surface area contributed by atoms with Crippen LogP contribution >= 0.6 is 23.8 Å². The van der Waals surface area contributed by atoms with Crippen LogP contribution in [-0.2, 0) is 16.0 Å². The van der Waals surface area contributed by atoms with Gasteiger partial charge < -0.3 is 16.0 Å². The lowest BCUT2D eigenvalue weighted by Gasteiger charge is -2.11. The topological polar surface area (TPSA) is 70.2 Å². The van der Waals surface area contributed by atoms with Gasteiger partial charge in [0.1, 0.15) is 0 Å². The number of rotatable bonds is 6. The summed E-state index contributed by atoms with van der Waals surface area (Å²) < 4.78 is 0. The largest absolute Gasteiger partial charge is 0.332 e. The molecule has 0 heterocycles. The van der Waals surface area contributed by atoms with Gasteiger partial charge in [-0.3, -0.25) is 9.59 Å². The Morgan fingerprint density at radius 1 is 0.962 bits per heavy atom. The predicted molar refractivity (Wildman–Crippen MR) is 109 cm³/mol. The van der Waals surface area contributed by atoms with Crippen LogP contribution in [0.3, 0.4) is 0 Å². The molecule has 0 aliphatic rings. The number of nitrogens with one attached hydrogen (secondary N) is 3. The molecule has 5 nitrogen and oxygen atoms in total. The van der Waals surface area contributed by atoms with Gasteiger partial charge in [0.15, 0.2) is 5.11 Å². The van der Waals surface area contributed by atoms with Crippen LogP contribution < -0.4 is 16.0 Å². The Hall–Kier alpha value is -2.44. The first kappa shape index (κ1) is 19.9. The maximum atomic E-state index is 12.0. The van der Waals surface area contributed by atoms with Crippen molar-refractivity contribution in [2.75, 3.05) is 10.6 Å². The molecule has 2 rings (SSSR count). The summed E-state index contributed by atoms with van der Waals surface area (Å²) in [5, 5.41) is 9.21. The summed E-state index contributed by atoms with van der Waals surface area (Å²) in [7, 11) is 0. The van der Waals surface area contributed by atoms with Crippen molar-refractivity contribution in [2.24, 2.45) is 0 Å². The Balaban J connectivity index is 1.79. The van der Waals surface area contributed by atoms with Gasteiger partial charge in [-0.1, -0.05) is 36.7 Å². The number of halogens is 1. The second-order valence-electron chi connectivity index (χ2n) is 5.57. The zero-order valence-corrected chi connectivity index (χ0v) is 15.9. The first-order valence-corrected chi connectivity index (χ1v) is 9.00. The molecule has 3 N–H and O–H groups in total. The van der Waals surface area contributed by atoms with Gasteiger partial charge in [0, 0.05) is 29.2 Å². The number of hydrogen-bond donors (Lipinski definition) is 3. The standard InChI is InChI=1S/C19H20ClN3O2S/c1-2-17(24)21-14-8-10-15(11-9-14)22-19(26)23-18(25)12-7-13-5-3-4-6-16(13)20/h3-6,8-11H,2,7,12H2,1H3,(H,21,24)(H2,22,23,25,26). The minimum atomic E-state index is -0.186. The first-order chi connectivity index (χ1) is 12.5. The molecular formula is C19H20ClN3O2S. The fourth-order valence-electron chi connectivity index (χ4n) is 2.19. The molecular weight excluding hydrogens is 370 g/mol. The quantitative estimate of drug-likeness (QED) is 0.649. The van der Waals surface area contributed by atoms with Gasteiger partial charge in [-0.15, -0.1) is 0 Å². The molecule has 0 radical (unpaired) electrons. The summed E-state index contributed by atoms with van der Waals surface area (Å²) >= 11 is 11.2. The van der Waals surface area contributed by atoms with Crippen molar-refractivity contribution in [3.05, 3.63) is 59.1 Å². The smallest absolute Gasteiger partial charge is 0.226 e. The molecule has 2 amide bonds. The highest BCUT2D eigenvalue weighted by atomic mass is 35.5. The van der Waals surface area contributed by atoms with Crippen molar-refractivity contribution in [3.8, 4) is 0 Å². The highest BCUT2D eigenvalue weighted by Gasteiger charge is 2.07. The SMILES string of the molecule is CCC(=O)Nc1ccc(NC(=S)NC(=O)CCc2ccccc2Cl)cc1. The maximum absolute atomic E-state index is 12.0. The van der Waals surface area contributed by atoms with Gasteiger partial charge in [0.05, 0.1) is 0 Å². The average Bonchev–Trinajstić information content (AvgIpc) is 2.62. The monoisotopic (exact) mass is 389 g/mol. The van der Waals surface area contributed by atoms with E-state index in [4.69, 9.17) is 23.8 Å². The van der Waals surface area contributed by atoms with E-state index >= 15 is 0 Å². The van der Waals surface area contributed by atoms with Gasteiger partial charge >= 0.3 is 0 Å². The van der Waals surface area contributed by atoms with E-state index in [1.807, 2.05) is 18.2 Å². The molecule has 0 fully saturated rings. The first-order valence-electron chi connectivity index (χ1n) is 8.22. The molecule has 0 bridgehead atoms. The molecule has 0 atom stereocenters. The molecule has 0 saturated carbocycles. The highest BCUT2D eigenvalue weighted by Crippen LogP contribution is 2.16.